The minimum absolute atomic E-state index is 0.00501. The van der Waals surface area contributed by atoms with E-state index in [4.69, 9.17) is 5.26 Å². The maximum atomic E-state index is 13.6. The van der Waals surface area contributed by atoms with Crippen molar-refractivity contribution in [2.24, 2.45) is 5.10 Å². The number of phenolic OH excluding ortho intramolecular Hbond substituents is 1. The second-order valence-electron chi connectivity index (χ2n) is 8.41. The van der Waals surface area contributed by atoms with Gasteiger partial charge in [0.1, 0.15) is 11.8 Å². The van der Waals surface area contributed by atoms with Crippen molar-refractivity contribution in [3.63, 3.8) is 0 Å². The number of hydrogen-bond acceptors (Lipinski definition) is 6. The fraction of sp³-hybridized carbons (Fsp3) is 0.269. The maximum Gasteiger partial charge on any atom is 0.271 e. The number of carbonyl (C=O) groups excluding carboxylic acids is 1. The molecular formula is C26H26N4O4S. The summed E-state index contributed by atoms with van der Waals surface area (Å²) in [7, 11) is -3.67. The molecular weight excluding hydrogens is 464 g/mol. The largest absolute Gasteiger partial charge is 0.507 e. The van der Waals surface area contributed by atoms with Gasteiger partial charge in [-0.05, 0) is 48.9 Å². The molecule has 2 N–H and O–H groups in total. The molecule has 1 unspecified atom stereocenters. The summed E-state index contributed by atoms with van der Waals surface area (Å²) in [6, 6.07) is 16.3. The Balaban J connectivity index is 1.62. The van der Waals surface area contributed by atoms with Gasteiger partial charge in [0.2, 0.25) is 10.0 Å². The molecule has 3 aromatic carbocycles. The van der Waals surface area contributed by atoms with Crippen molar-refractivity contribution in [3.8, 4) is 11.8 Å². The molecule has 35 heavy (non-hydrogen) atoms. The molecule has 1 aliphatic heterocycles. The minimum Gasteiger partial charge on any atom is -0.507 e. The molecule has 9 heteroatoms. The van der Waals surface area contributed by atoms with Gasteiger partial charge in [-0.25, -0.2) is 13.8 Å². The lowest BCUT2D eigenvalue weighted by atomic mass is 10.0. The normalized spacial score (nSPS) is 16.9. The number of nitrogens with one attached hydrogen (secondary N) is 1. The van der Waals surface area contributed by atoms with E-state index in [0.29, 0.717) is 22.9 Å². The highest BCUT2D eigenvalue weighted by Crippen LogP contribution is 2.32. The molecule has 0 aliphatic carbocycles. The van der Waals surface area contributed by atoms with Crippen LogP contribution in [-0.4, -0.2) is 42.5 Å². The second-order valence-corrected chi connectivity index (χ2v) is 10.3. The highest BCUT2D eigenvalue weighted by atomic mass is 32.2. The number of amides is 1. The molecule has 0 aromatic heterocycles. The van der Waals surface area contributed by atoms with Gasteiger partial charge in [0.15, 0.2) is 0 Å². The summed E-state index contributed by atoms with van der Waals surface area (Å²) in [6.45, 7) is 2.54. The van der Waals surface area contributed by atoms with Crippen LogP contribution < -0.4 is 5.43 Å². The first-order valence-corrected chi connectivity index (χ1v) is 12.9. The third-order valence-corrected chi connectivity index (χ3v) is 8.31. The highest BCUT2D eigenvalue weighted by Gasteiger charge is 2.33. The van der Waals surface area contributed by atoms with Crippen LogP contribution in [0.25, 0.3) is 10.8 Å². The van der Waals surface area contributed by atoms with Crippen molar-refractivity contribution in [2.45, 2.75) is 43.5 Å². The smallest absolute Gasteiger partial charge is 0.271 e. The Bertz CT molecular complexity index is 1440. The number of rotatable bonds is 6. The maximum absolute atomic E-state index is 13.6. The molecule has 180 valence electrons. The van der Waals surface area contributed by atoms with Gasteiger partial charge in [-0.15, -0.1) is 0 Å². The minimum atomic E-state index is -3.67. The molecule has 0 radical (unpaired) electrons. The first kappa shape index (κ1) is 24.4. The van der Waals surface area contributed by atoms with E-state index >= 15 is 0 Å². The molecule has 4 rings (SSSR count). The van der Waals surface area contributed by atoms with Crippen LogP contribution in [0, 0.1) is 11.3 Å². The molecule has 0 saturated carbocycles. The van der Waals surface area contributed by atoms with Crippen LogP contribution in [0.1, 0.15) is 54.1 Å². The topological polar surface area (TPSA) is 123 Å². The van der Waals surface area contributed by atoms with E-state index in [1.54, 1.807) is 28.6 Å². The first-order valence-electron chi connectivity index (χ1n) is 11.5. The Morgan fingerprint density at radius 2 is 1.97 bits per heavy atom. The summed E-state index contributed by atoms with van der Waals surface area (Å²) in [4.78, 5) is 12.7. The van der Waals surface area contributed by atoms with Crippen LogP contribution in [0.3, 0.4) is 0 Å². The molecule has 0 spiro atoms. The Hall–Kier alpha value is -3.74. The lowest BCUT2D eigenvalue weighted by molar-refractivity contribution is 0.0955. The summed E-state index contributed by atoms with van der Waals surface area (Å²) in [5.74, 6) is -0.749. The van der Waals surface area contributed by atoms with E-state index in [9.17, 15) is 18.3 Å². The van der Waals surface area contributed by atoms with E-state index in [1.807, 2.05) is 25.1 Å². The van der Waals surface area contributed by atoms with Crippen molar-refractivity contribution >= 4 is 32.9 Å². The Labute approximate surface area is 204 Å². The van der Waals surface area contributed by atoms with Crippen molar-refractivity contribution < 1.29 is 18.3 Å². The van der Waals surface area contributed by atoms with Crippen molar-refractivity contribution in [3.05, 3.63) is 71.3 Å². The summed E-state index contributed by atoms with van der Waals surface area (Å²) in [6.07, 6.45) is 4.99. The van der Waals surface area contributed by atoms with E-state index in [-0.39, 0.29) is 27.8 Å². The zero-order valence-corrected chi connectivity index (χ0v) is 20.1. The van der Waals surface area contributed by atoms with Crippen LogP contribution in [-0.2, 0) is 10.0 Å². The number of hydrogen-bond donors (Lipinski definition) is 2. The van der Waals surface area contributed by atoms with Crippen LogP contribution in [0.2, 0.25) is 0 Å². The average molecular weight is 491 g/mol. The van der Waals surface area contributed by atoms with Gasteiger partial charge in [-0.3, -0.25) is 4.79 Å². The van der Waals surface area contributed by atoms with Gasteiger partial charge in [0, 0.05) is 29.1 Å². The molecule has 1 fully saturated rings. The van der Waals surface area contributed by atoms with Gasteiger partial charge in [0.05, 0.1) is 16.7 Å². The van der Waals surface area contributed by atoms with Crippen LogP contribution >= 0.6 is 0 Å². The lowest BCUT2D eigenvalue weighted by Gasteiger charge is -2.34. The standard InChI is InChI=1S/C26H26N4O4S/c1-2-21-7-5-6-14-30(21)35(33,34)25-13-11-19(22-8-3-4-9-23(22)25)17-28-29-26(32)18-10-12-24(31)20(15-18)16-27/h3-4,8-13,15,17,21,31H,2,5-7,14H2,1H3,(H,29,32)/b28-17+. The van der Waals surface area contributed by atoms with Crippen molar-refractivity contribution in [1.82, 2.24) is 9.73 Å². The predicted molar refractivity (Wildman–Crippen MR) is 134 cm³/mol. The third-order valence-electron chi connectivity index (χ3n) is 6.30. The molecule has 1 aliphatic rings. The SMILES string of the molecule is CCC1CCCCN1S(=O)(=O)c1ccc(/C=N/NC(=O)c2ccc(O)c(C#N)c2)c2ccccc12. The zero-order chi connectivity index (χ0) is 25.0. The monoisotopic (exact) mass is 490 g/mol. The summed E-state index contributed by atoms with van der Waals surface area (Å²) in [5.41, 5.74) is 3.22. The van der Waals surface area contributed by atoms with Gasteiger partial charge in [0.25, 0.3) is 5.91 Å². The van der Waals surface area contributed by atoms with Crippen LogP contribution in [0.5, 0.6) is 5.75 Å². The molecule has 1 heterocycles. The fourth-order valence-corrected chi connectivity index (χ4v) is 6.41. The predicted octanol–water partition coefficient (Wildman–Crippen LogP) is 4.13. The fourth-order valence-electron chi connectivity index (χ4n) is 4.45. The molecule has 8 nitrogen and oxygen atoms in total. The number of fused-ring (bicyclic) bond motifs is 1. The molecule has 1 amide bonds. The average Bonchev–Trinajstić information content (AvgIpc) is 2.88. The zero-order valence-electron chi connectivity index (χ0n) is 19.3. The number of piperidine rings is 1. The number of benzene rings is 3. The third kappa shape index (κ3) is 4.90. The number of nitrogens with zero attached hydrogens (tertiary/aromatic N) is 3. The number of phenols is 1. The first-order chi connectivity index (χ1) is 16.9. The number of sulfonamides is 1. The van der Waals surface area contributed by atoms with E-state index in [0.717, 1.165) is 25.7 Å². The lowest BCUT2D eigenvalue weighted by Crippen LogP contribution is -2.43. The van der Waals surface area contributed by atoms with Gasteiger partial charge in [-0.2, -0.15) is 14.7 Å². The Morgan fingerprint density at radius 1 is 1.20 bits per heavy atom. The quantitative estimate of drug-likeness (QED) is 0.397. The van der Waals surface area contributed by atoms with E-state index < -0.39 is 15.9 Å². The summed E-state index contributed by atoms with van der Waals surface area (Å²) >= 11 is 0. The summed E-state index contributed by atoms with van der Waals surface area (Å²) < 4.78 is 28.9. The number of aromatic hydroxyl groups is 1. The molecule has 1 saturated heterocycles. The molecule has 1 atom stereocenters. The van der Waals surface area contributed by atoms with Crippen molar-refractivity contribution in [2.75, 3.05) is 6.54 Å². The van der Waals surface area contributed by atoms with Gasteiger partial charge in [-0.1, -0.05) is 43.7 Å². The van der Waals surface area contributed by atoms with Gasteiger partial charge < -0.3 is 5.11 Å². The Morgan fingerprint density at radius 3 is 2.71 bits per heavy atom. The van der Waals surface area contributed by atoms with Gasteiger partial charge >= 0.3 is 0 Å². The number of carbonyl (C=O) groups is 1. The van der Waals surface area contributed by atoms with E-state index in [2.05, 4.69) is 10.5 Å². The van der Waals surface area contributed by atoms with E-state index in [1.165, 1.54) is 24.4 Å². The summed E-state index contributed by atoms with van der Waals surface area (Å²) in [5, 5.41) is 24.0. The molecule has 3 aromatic rings. The number of hydrazone groups is 1. The molecule has 0 bridgehead atoms. The van der Waals surface area contributed by atoms with Crippen LogP contribution in [0.4, 0.5) is 0 Å². The highest BCUT2D eigenvalue weighted by molar-refractivity contribution is 7.89. The number of nitriles is 1. The Kier molecular flexibility index (Phi) is 7.15. The van der Waals surface area contributed by atoms with Crippen molar-refractivity contribution in [1.29, 1.82) is 5.26 Å². The van der Waals surface area contributed by atoms with Crippen LogP contribution in [0.15, 0.2) is 64.6 Å². The second kappa shape index (κ2) is 10.3.